The summed E-state index contributed by atoms with van der Waals surface area (Å²) in [7, 11) is 13.3. The van der Waals surface area contributed by atoms with Gasteiger partial charge in [0.1, 0.15) is 11.6 Å². The molecule has 4 N–H and O–H groups in total. The van der Waals surface area contributed by atoms with Crippen molar-refractivity contribution in [1.29, 1.82) is 0 Å². The number of aromatic nitrogens is 5. The number of carbonyl (C=O) groups is 1. The molecule has 10 heteroatoms. The van der Waals surface area contributed by atoms with E-state index in [9.17, 15) is 4.79 Å². The van der Waals surface area contributed by atoms with Crippen LogP contribution in [0.4, 0.5) is 11.4 Å². The Labute approximate surface area is 273 Å². The quantitative estimate of drug-likeness (QED) is 0.136. The standard InChI is InChI=1S/C14H15BNO.2C9H11N3.Y/c1-7-8(2)10(4)13-11(9(7)3)6-12(14(15)17)16(13)5;1-6-11-8-5-7(10)3-4-9(8)12(6)2;1-6-11-8-4-3-7(10)5-9(8)12(6)2;/h6H,5H2,1-4H3;2*3-5H,10H2,1-2H3;/q-1;;;. The molecule has 0 bridgehead atoms. The first-order valence-corrected chi connectivity index (χ1v) is 13.3. The normalized spacial score (nSPS) is 10.7. The minimum Gasteiger partial charge on any atom is -0.479 e. The van der Waals surface area contributed by atoms with E-state index in [0.717, 1.165) is 61.6 Å². The van der Waals surface area contributed by atoms with Gasteiger partial charge in [-0.05, 0) is 89.2 Å². The maximum Gasteiger partial charge on any atom is 0.157 e. The van der Waals surface area contributed by atoms with Crippen LogP contribution in [0.15, 0.2) is 42.5 Å². The number of benzene rings is 3. The number of hydrogen-bond acceptors (Lipinski definition) is 5. The number of anilines is 2. The molecule has 0 aliphatic carbocycles. The van der Waals surface area contributed by atoms with Gasteiger partial charge in [0.15, 0.2) is 7.85 Å². The number of fused-ring (bicyclic) bond motifs is 3. The topological polar surface area (TPSA) is 110 Å². The first-order valence-electron chi connectivity index (χ1n) is 13.3. The fourth-order valence-electron chi connectivity index (χ4n) is 5.05. The van der Waals surface area contributed by atoms with E-state index < -0.39 is 5.68 Å². The number of aryl methyl sites for hydroxylation is 6. The van der Waals surface area contributed by atoms with Crippen LogP contribution in [-0.4, -0.2) is 37.2 Å². The van der Waals surface area contributed by atoms with Crippen LogP contribution in [0, 0.1) is 48.6 Å². The van der Waals surface area contributed by atoms with Gasteiger partial charge in [0.05, 0.1) is 27.7 Å². The van der Waals surface area contributed by atoms with Gasteiger partial charge in [0.25, 0.3) is 0 Å². The van der Waals surface area contributed by atoms with Gasteiger partial charge >= 0.3 is 0 Å². The summed E-state index contributed by atoms with van der Waals surface area (Å²) < 4.78 is 5.73. The molecule has 0 amide bonds. The zero-order chi connectivity index (χ0) is 30.3. The zero-order valence-corrected chi connectivity index (χ0v) is 28.5. The Bertz CT molecular complexity index is 1950. The molecule has 0 fully saturated rings. The van der Waals surface area contributed by atoms with Crippen molar-refractivity contribution in [2.75, 3.05) is 11.5 Å². The number of nitrogens with zero attached hydrogens (tertiary/aromatic N) is 5. The molecule has 8 nitrogen and oxygen atoms in total. The Morgan fingerprint density at radius 1 is 0.738 bits per heavy atom. The summed E-state index contributed by atoms with van der Waals surface area (Å²) in [5.41, 5.74) is 22.9. The van der Waals surface area contributed by atoms with Crippen LogP contribution in [0.1, 0.15) is 44.4 Å². The fourth-order valence-corrected chi connectivity index (χ4v) is 5.05. The van der Waals surface area contributed by atoms with Gasteiger partial charge in [-0.1, -0.05) is 33.7 Å². The van der Waals surface area contributed by atoms with Gasteiger partial charge in [-0.25, -0.2) is 9.97 Å². The summed E-state index contributed by atoms with van der Waals surface area (Å²) in [5, 5.41) is 1.06. The second-order valence-corrected chi connectivity index (χ2v) is 10.5. The Kier molecular flexibility index (Phi) is 10.0. The number of rotatable bonds is 1. The Morgan fingerprint density at radius 2 is 1.26 bits per heavy atom. The van der Waals surface area contributed by atoms with Crippen molar-refractivity contribution in [3.8, 4) is 0 Å². The molecular formula is C32H37BN7OY-. The Hall–Kier alpha value is -3.55. The van der Waals surface area contributed by atoms with E-state index >= 15 is 0 Å². The molecule has 3 aromatic carbocycles. The van der Waals surface area contributed by atoms with Gasteiger partial charge in [-0.15, -0.1) is 7.05 Å². The second-order valence-electron chi connectivity index (χ2n) is 10.5. The number of imidazole rings is 2. The molecule has 0 aliphatic heterocycles. The molecule has 3 radical (unpaired) electrons. The maximum absolute atomic E-state index is 11.3. The van der Waals surface area contributed by atoms with Gasteiger partial charge in [0.2, 0.25) is 0 Å². The van der Waals surface area contributed by atoms with Crippen molar-refractivity contribution in [2.24, 2.45) is 14.1 Å². The summed E-state index contributed by atoms with van der Waals surface area (Å²) in [6, 6.07) is 13.4. The van der Waals surface area contributed by atoms with E-state index in [1.165, 1.54) is 16.7 Å². The SMILES string of the molecule is Cc1nc2cc(N)ccc2n1C.Cc1nc2ccc(N)cc2n1C.[B]C(=O)c1cc2c(C)c(C)c(C)c(C)c2n1[CH2-].[Y]. The van der Waals surface area contributed by atoms with Crippen LogP contribution < -0.4 is 11.5 Å². The van der Waals surface area contributed by atoms with E-state index in [1.54, 1.807) is 4.57 Å². The first kappa shape index (κ1) is 33.0. The largest absolute Gasteiger partial charge is 0.479 e. The van der Waals surface area contributed by atoms with E-state index in [0.29, 0.717) is 5.69 Å². The van der Waals surface area contributed by atoms with Crippen LogP contribution in [-0.2, 0) is 46.8 Å². The predicted molar refractivity (Wildman–Crippen MR) is 171 cm³/mol. The Balaban J connectivity index is 0.000000175. The van der Waals surface area contributed by atoms with Crippen molar-refractivity contribution >= 4 is 57.9 Å². The molecule has 0 spiro atoms. The van der Waals surface area contributed by atoms with Crippen molar-refractivity contribution in [1.82, 2.24) is 23.7 Å². The second kappa shape index (κ2) is 12.8. The zero-order valence-electron chi connectivity index (χ0n) is 25.7. The van der Waals surface area contributed by atoms with Crippen molar-refractivity contribution in [3.63, 3.8) is 0 Å². The minimum absolute atomic E-state index is 0. The molecule has 6 aromatic rings. The van der Waals surface area contributed by atoms with Gasteiger partial charge in [-0.3, -0.25) is 0 Å². The third-order valence-electron chi connectivity index (χ3n) is 8.05. The monoisotopic (exact) mass is 635 g/mol. The number of nitrogens with two attached hydrogens (primary N) is 2. The summed E-state index contributed by atoms with van der Waals surface area (Å²) in [6.45, 7) is 12.3. The average molecular weight is 635 g/mol. The molecule has 42 heavy (non-hydrogen) atoms. The molecule has 3 heterocycles. The third kappa shape index (κ3) is 6.13. The molecule has 0 saturated carbocycles. The molecule has 3 aromatic heterocycles. The van der Waals surface area contributed by atoms with Crippen LogP contribution in [0.2, 0.25) is 0 Å². The summed E-state index contributed by atoms with van der Waals surface area (Å²) >= 11 is 0. The Morgan fingerprint density at radius 3 is 1.88 bits per heavy atom. The molecule has 6 rings (SSSR count). The average Bonchev–Trinajstić information content (AvgIpc) is 3.52. The smallest absolute Gasteiger partial charge is 0.157 e. The van der Waals surface area contributed by atoms with Crippen molar-refractivity contribution < 1.29 is 37.5 Å². The summed E-state index contributed by atoms with van der Waals surface area (Å²) in [4.78, 5) is 20.1. The molecule has 0 unspecified atom stereocenters. The predicted octanol–water partition coefficient (Wildman–Crippen LogP) is 5.75. The molecule has 0 saturated heterocycles. The van der Waals surface area contributed by atoms with Crippen molar-refractivity contribution in [2.45, 2.75) is 41.5 Å². The maximum atomic E-state index is 11.3. The van der Waals surface area contributed by atoms with Crippen LogP contribution >= 0.6 is 0 Å². The van der Waals surface area contributed by atoms with Gasteiger partial charge in [-0.2, -0.15) is 0 Å². The van der Waals surface area contributed by atoms with Crippen LogP contribution in [0.3, 0.4) is 0 Å². The molecule has 0 atom stereocenters. The number of carbonyl (C=O) groups excluding carboxylic acids is 1. The van der Waals surface area contributed by atoms with E-state index in [4.69, 9.17) is 19.3 Å². The number of hydrogen-bond donors (Lipinski definition) is 2. The minimum atomic E-state index is -0.440. The summed E-state index contributed by atoms with van der Waals surface area (Å²) in [5.74, 6) is 2.02. The third-order valence-corrected chi connectivity index (χ3v) is 8.05. The van der Waals surface area contributed by atoms with E-state index in [2.05, 4.69) is 49.3 Å². The first-order chi connectivity index (χ1) is 19.2. The van der Waals surface area contributed by atoms with Crippen molar-refractivity contribution in [3.05, 3.63) is 89.1 Å². The van der Waals surface area contributed by atoms with E-state index in [1.807, 2.05) is 75.0 Å². The molecule has 213 valence electrons. The fraction of sp³-hybridized carbons (Fsp3) is 0.250. The van der Waals surface area contributed by atoms with Crippen LogP contribution in [0.25, 0.3) is 33.0 Å². The van der Waals surface area contributed by atoms with E-state index in [-0.39, 0.29) is 32.7 Å². The molecule has 0 aliphatic rings. The number of nitrogen functional groups attached to an aromatic ring is 2. The van der Waals surface area contributed by atoms with Gasteiger partial charge in [0, 0.05) is 58.2 Å². The summed E-state index contributed by atoms with van der Waals surface area (Å²) in [6.07, 6.45) is 0. The molecular weight excluding hydrogens is 598 g/mol. The van der Waals surface area contributed by atoms with Crippen LogP contribution in [0.5, 0.6) is 0 Å². The van der Waals surface area contributed by atoms with Gasteiger partial charge < -0.3 is 30.0 Å².